The Bertz CT molecular complexity index is 358. The second-order valence-corrected chi connectivity index (χ2v) is 4.67. The first kappa shape index (κ1) is 9.04. The summed E-state index contributed by atoms with van der Waals surface area (Å²) in [6, 6.07) is 7.46. The van der Waals surface area contributed by atoms with E-state index in [1.165, 1.54) is 0 Å². The summed E-state index contributed by atoms with van der Waals surface area (Å²) in [7, 11) is 0. The maximum absolute atomic E-state index is 11.7. The van der Waals surface area contributed by atoms with Crippen LogP contribution in [-0.4, -0.2) is 10.1 Å². The van der Waals surface area contributed by atoms with Crippen LogP contribution in [0.1, 0.15) is 22.3 Å². The predicted molar refractivity (Wildman–Crippen MR) is 53.5 cm³/mol. The third-order valence-corrected chi connectivity index (χ3v) is 3.02. The van der Waals surface area contributed by atoms with Crippen molar-refractivity contribution < 1.29 is 4.79 Å². The molecule has 0 spiro atoms. The molecule has 13 heavy (non-hydrogen) atoms. The Balaban J connectivity index is 2.52. The largest absolute Gasteiger partial charge is 0.291 e. The molecule has 0 saturated heterocycles. The van der Waals surface area contributed by atoms with Gasteiger partial charge in [0.15, 0.2) is 10.1 Å². The van der Waals surface area contributed by atoms with Crippen LogP contribution in [0.5, 0.6) is 0 Å². The Kier molecular flexibility index (Phi) is 2.09. The van der Waals surface area contributed by atoms with Crippen molar-refractivity contribution in [1.82, 2.24) is 0 Å². The van der Waals surface area contributed by atoms with E-state index in [0.717, 1.165) is 12.0 Å². The average Bonchev–Trinajstić information content (AvgIpc) is 2.13. The number of alkyl halides is 2. The molecule has 0 atom stereocenters. The van der Waals surface area contributed by atoms with E-state index < -0.39 is 4.33 Å². The Morgan fingerprint density at radius 3 is 2.69 bits per heavy atom. The van der Waals surface area contributed by atoms with Gasteiger partial charge in [0.2, 0.25) is 0 Å². The van der Waals surface area contributed by atoms with Crippen LogP contribution in [0.4, 0.5) is 0 Å². The topological polar surface area (TPSA) is 17.1 Å². The SMILES string of the molecule is O=C1c2ccccc2CCC1(Cl)Cl. The van der Waals surface area contributed by atoms with Crippen molar-refractivity contribution in [1.29, 1.82) is 0 Å². The third kappa shape index (κ3) is 1.47. The molecular formula is C10H8Cl2O. The zero-order chi connectivity index (χ0) is 9.47. The molecule has 0 heterocycles. The molecule has 1 aromatic rings. The van der Waals surface area contributed by atoms with Crippen LogP contribution in [0.2, 0.25) is 0 Å². The first-order chi connectivity index (χ1) is 6.11. The molecule has 1 nitrogen and oxygen atoms in total. The number of halogens is 2. The predicted octanol–water partition coefficient (Wildman–Crippen LogP) is 2.99. The highest BCUT2D eigenvalue weighted by molar-refractivity contribution is 6.60. The van der Waals surface area contributed by atoms with Gasteiger partial charge in [-0.3, -0.25) is 4.79 Å². The van der Waals surface area contributed by atoms with Crippen LogP contribution < -0.4 is 0 Å². The molecule has 3 heteroatoms. The van der Waals surface area contributed by atoms with E-state index in [1.807, 2.05) is 18.2 Å². The van der Waals surface area contributed by atoms with E-state index in [2.05, 4.69) is 0 Å². The number of aryl methyl sites for hydroxylation is 1. The van der Waals surface area contributed by atoms with Crippen molar-refractivity contribution in [2.45, 2.75) is 17.2 Å². The molecule has 0 fully saturated rings. The van der Waals surface area contributed by atoms with Gasteiger partial charge in [0.25, 0.3) is 0 Å². The summed E-state index contributed by atoms with van der Waals surface area (Å²) in [5.41, 5.74) is 1.71. The number of ketones is 1. The van der Waals surface area contributed by atoms with Crippen molar-refractivity contribution in [2.24, 2.45) is 0 Å². The maximum Gasteiger partial charge on any atom is 0.199 e. The Hall–Kier alpha value is -0.530. The highest BCUT2D eigenvalue weighted by atomic mass is 35.5. The zero-order valence-electron chi connectivity index (χ0n) is 6.89. The molecule has 0 aromatic heterocycles. The van der Waals surface area contributed by atoms with Gasteiger partial charge in [0.1, 0.15) is 0 Å². The normalized spacial score (nSPS) is 19.7. The van der Waals surface area contributed by atoms with E-state index in [9.17, 15) is 4.79 Å². The smallest absolute Gasteiger partial charge is 0.199 e. The lowest BCUT2D eigenvalue weighted by Gasteiger charge is -2.24. The van der Waals surface area contributed by atoms with Gasteiger partial charge in [-0.1, -0.05) is 47.5 Å². The summed E-state index contributed by atoms with van der Waals surface area (Å²) >= 11 is 11.7. The number of rotatable bonds is 0. The van der Waals surface area contributed by atoms with Crippen LogP contribution >= 0.6 is 23.2 Å². The van der Waals surface area contributed by atoms with Crippen LogP contribution in [-0.2, 0) is 6.42 Å². The van der Waals surface area contributed by atoms with Crippen molar-refractivity contribution >= 4 is 29.0 Å². The Morgan fingerprint density at radius 1 is 1.23 bits per heavy atom. The number of hydrogen-bond donors (Lipinski definition) is 0. The third-order valence-electron chi connectivity index (χ3n) is 2.30. The highest BCUT2D eigenvalue weighted by Gasteiger charge is 2.38. The Labute approximate surface area is 86.7 Å². The number of Topliss-reactive ketones (excluding diaryl/α,β-unsaturated/α-hetero) is 1. The molecule has 0 unspecified atom stereocenters. The second-order valence-electron chi connectivity index (χ2n) is 3.19. The monoisotopic (exact) mass is 214 g/mol. The minimum absolute atomic E-state index is 0.169. The quantitative estimate of drug-likeness (QED) is 0.608. The lowest BCUT2D eigenvalue weighted by molar-refractivity contribution is 0.0961. The molecule has 0 N–H and O–H groups in total. The summed E-state index contributed by atoms with van der Waals surface area (Å²) < 4.78 is -1.21. The van der Waals surface area contributed by atoms with E-state index in [1.54, 1.807) is 6.07 Å². The summed E-state index contributed by atoms with van der Waals surface area (Å²) in [6.07, 6.45) is 1.28. The average molecular weight is 215 g/mol. The molecular weight excluding hydrogens is 207 g/mol. The molecule has 2 rings (SSSR count). The van der Waals surface area contributed by atoms with Crippen molar-refractivity contribution in [3.05, 3.63) is 35.4 Å². The summed E-state index contributed by atoms with van der Waals surface area (Å²) in [5, 5.41) is 0. The van der Waals surface area contributed by atoms with E-state index in [4.69, 9.17) is 23.2 Å². The van der Waals surface area contributed by atoms with Gasteiger partial charge in [-0.15, -0.1) is 0 Å². The zero-order valence-corrected chi connectivity index (χ0v) is 8.40. The number of fused-ring (bicyclic) bond motifs is 1. The summed E-state index contributed by atoms with van der Waals surface area (Å²) in [6.45, 7) is 0. The van der Waals surface area contributed by atoms with Gasteiger partial charge in [-0.25, -0.2) is 0 Å². The van der Waals surface area contributed by atoms with Gasteiger partial charge < -0.3 is 0 Å². The minimum atomic E-state index is -1.21. The van der Waals surface area contributed by atoms with E-state index in [-0.39, 0.29) is 5.78 Å². The van der Waals surface area contributed by atoms with E-state index >= 15 is 0 Å². The fourth-order valence-corrected chi connectivity index (χ4v) is 1.95. The van der Waals surface area contributed by atoms with E-state index in [0.29, 0.717) is 12.0 Å². The first-order valence-electron chi connectivity index (χ1n) is 4.12. The lowest BCUT2D eigenvalue weighted by atomic mass is 9.90. The molecule has 1 aliphatic rings. The summed E-state index contributed by atoms with van der Waals surface area (Å²) in [5.74, 6) is -0.169. The first-order valence-corrected chi connectivity index (χ1v) is 4.87. The van der Waals surface area contributed by atoms with Crippen LogP contribution in [0, 0.1) is 0 Å². The van der Waals surface area contributed by atoms with Gasteiger partial charge >= 0.3 is 0 Å². The molecule has 0 saturated carbocycles. The number of hydrogen-bond acceptors (Lipinski definition) is 1. The fourth-order valence-electron chi connectivity index (χ4n) is 1.56. The molecule has 1 aliphatic carbocycles. The van der Waals surface area contributed by atoms with Crippen LogP contribution in [0.3, 0.4) is 0 Å². The van der Waals surface area contributed by atoms with Gasteiger partial charge in [0.05, 0.1) is 0 Å². The number of benzene rings is 1. The summed E-state index contributed by atoms with van der Waals surface area (Å²) in [4.78, 5) is 11.7. The maximum atomic E-state index is 11.7. The van der Waals surface area contributed by atoms with Gasteiger partial charge in [-0.05, 0) is 18.4 Å². The van der Waals surface area contributed by atoms with Gasteiger partial charge in [0, 0.05) is 5.56 Å². The van der Waals surface area contributed by atoms with Crippen molar-refractivity contribution in [2.75, 3.05) is 0 Å². The van der Waals surface area contributed by atoms with Crippen molar-refractivity contribution in [3.63, 3.8) is 0 Å². The lowest BCUT2D eigenvalue weighted by Crippen LogP contribution is -2.31. The molecule has 0 aliphatic heterocycles. The molecule has 68 valence electrons. The second kappa shape index (κ2) is 3.00. The highest BCUT2D eigenvalue weighted by Crippen LogP contribution is 2.36. The molecule has 0 bridgehead atoms. The standard InChI is InChI=1S/C10H8Cl2O/c11-10(12)6-5-7-3-1-2-4-8(7)9(10)13/h1-4H,5-6H2. The molecule has 1 aromatic carbocycles. The number of carbonyl (C=O) groups is 1. The van der Waals surface area contributed by atoms with Gasteiger partial charge in [-0.2, -0.15) is 0 Å². The van der Waals surface area contributed by atoms with Crippen LogP contribution in [0.15, 0.2) is 24.3 Å². The van der Waals surface area contributed by atoms with Crippen LogP contribution in [0.25, 0.3) is 0 Å². The van der Waals surface area contributed by atoms with Crippen molar-refractivity contribution in [3.8, 4) is 0 Å². The minimum Gasteiger partial charge on any atom is -0.291 e. The Morgan fingerprint density at radius 2 is 1.92 bits per heavy atom. The fraction of sp³-hybridized carbons (Fsp3) is 0.300. The molecule has 0 radical (unpaired) electrons. The number of carbonyl (C=O) groups excluding carboxylic acids is 1. The molecule has 0 amide bonds.